The van der Waals surface area contributed by atoms with Crippen LogP contribution >= 0.6 is 23.2 Å². The van der Waals surface area contributed by atoms with Gasteiger partial charge in [0.1, 0.15) is 23.1 Å². The van der Waals surface area contributed by atoms with Gasteiger partial charge in [-0.25, -0.2) is 18.7 Å². The molecule has 2 amide bonds. The third-order valence-corrected chi connectivity index (χ3v) is 4.32. The van der Waals surface area contributed by atoms with Crippen LogP contribution in [0.15, 0.2) is 48.8 Å². The number of carbonyl (C=O) groups is 2. The number of carbonyl (C=O) groups excluding carboxylic acids is 2. The molecule has 0 atom stereocenters. The summed E-state index contributed by atoms with van der Waals surface area (Å²) in [7, 11) is 0. The molecule has 2 N–H and O–H groups in total. The van der Waals surface area contributed by atoms with Crippen molar-refractivity contribution in [3.63, 3.8) is 0 Å². The summed E-state index contributed by atoms with van der Waals surface area (Å²) in [5.74, 6) is -2.22. The van der Waals surface area contributed by atoms with E-state index in [0.29, 0.717) is 0 Å². The van der Waals surface area contributed by atoms with Gasteiger partial charge in [0.25, 0.3) is 11.8 Å². The highest BCUT2D eigenvalue weighted by Gasteiger charge is 2.10. The Morgan fingerprint density at radius 2 is 1.28 bits per heavy atom. The van der Waals surface area contributed by atoms with Gasteiger partial charge in [-0.2, -0.15) is 0 Å². The molecule has 0 saturated carbocycles. The lowest BCUT2D eigenvalue weighted by Gasteiger charge is -2.09. The molecule has 2 aromatic carbocycles. The smallest absolute Gasteiger partial charge is 0.264 e. The number of anilines is 2. The number of benzene rings is 2. The Morgan fingerprint density at radius 1 is 0.812 bits per heavy atom. The number of aromatic nitrogens is 2. The fourth-order valence-corrected chi connectivity index (χ4v) is 2.48. The predicted octanol–water partition coefficient (Wildman–Crippen LogP) is 4.10. The molecule has 0 bridgehead atoms. The van der Waals surface area contributed by atoms with Crippen LogP contribution in [0, 0.1) is 11.6 Å². The fourth-order valence-electron chi connectivity index (χ4n) is 2.25. The summed E-state index contributed by atoms with van der Waals surface area (Å²) in [5, 5.41) is 4.75. The third-order valence-electron chi connectivity index (χ3n) is 3.71. The van der Waals surface area contributed by atoms with Gasteiger partial charge in [-0.3, -0.25) is 14.9 Å². The van der Waals surface area contributed by atoms with Gasteiger partial charge < -0.3 is 14.8 Å². The Morgan fingerprint density at radius 3 is 1.75 bits per heavy atom. The van der Waals surface area contributed by atoms with Gasteiger partial charge in [0, 0.05) is 12.1 Å². The predicted molar refractivity (Wildman–Crippen MR) is 113 cm³/mol. The SMILES string of the molecule is O=C(COc1ccc(Cl)c(F)c1)Nc1cnc(NC(=O)COc2ccc(Cl)c(F)c2)nc1. The zero-order valence-corrected chi connectivity index (χ0v) is 17.6. The number of ether oxygens (including phenoxy) is 2. The first kappa shape index (κ1) is 23.2. The summed E-state index contributed by atoms with van der Waals surface area (Å²) >= 11 is 11.2. The van der Waals surface area contributed by atoms with Crippen LogP contribution in [-0.2, 0) is 9.59 Å². The van der Waals surface area contributed by atoms with E-state index in [9.17, 15) is 18.4 Å². The number of rotatable bonds is 8. The Hall–Kier alpha value is -3.50. The van der Waals surface area contributed by atoms with Crippen molar-refractivity contribution in [3.05, 3.63) is 70.5 Å². The molecule has 166 valence electrons. The van der Waals surface area contributed by atoms with E-state index in [1.54, 1.807) is 0 Å². The van der Waals surface area contributed by atoms with Crippen LogP contribution in [0.5, 0.6) is 11.5 Å². The second kappa shape index (κ2) is 10.7. The highest BCUT2D eigenvalue weighted by atomic mass is 35.5. The van der Waals surface area contributed by atoms with Crippen LogP contribution in [-0.4, -0.2) is 35.0 Å². The first-order valence-corrected chi connectivity index (χ1v) is 9.63. The van der Waals surface area contributed by atoms with Crippen molar-refractivity contribution in [2.24, 2.45) is 0 Å². The average Bonchev–Trinajstić information content (AvgIpc) is 2.77. The van der Waals surface area contributed by atoms with Crippen molar-refractivity contribution in [2.45, 2.75) is 0 Å². The maximum atomic E-state index is 13.4. The van der Waals surface area contributed by atoms with Gasteiger partial charge in [0.2, 0.25) is 5.95 Å². The molecule has 8 nitrogen and oxygen atoms in total. The maximum absolute atomic E-state index is 13.4. The third kappa shape index (κ3) is 6.76. The van der Waals surface area contributed by atoms with Gasteiger partial charge in [-0.15, -0.1) is 0 Å². The highest BCUT2D eigenvalue weighted by Crippen LogP contribution is 2.21. The van der Waals surface area contributed by atoms with E-state index in [1.807, 2.05) is 0 Å². The summed E-state index contributed by atoms with van der Waals surface area (Å²) in [5.41, 5.74) is 0.242. The van der Waals surface area contributed by atoms with Crippen molar-refractivity contribution < 1.29 is 27.8 Å². The maximum Gasteiger partial charge on any atom is 0.264 e. The van der Waals surface area contributed by atoms with E-state index < -0.39 is 30.1 Å². The Kier molecular flexibility index (Phi) is 7.74. The normalized spacial score (nSPS) is 10.4. The van der Waals surface area contributed by atoms with E-state index in [0.717, 1.165) is 12.1 Å². The van der Waals surface area contributed by atoms with Crippen molar-refractivity contribution >= 4 is 46.7 Å². The number of nitrogens with zero attached hydrogens (tertiary/aromatic N) is 2. The first-order valence-electron chi connectivity index (χ1n) is 8.87. The lowest BCUT2D eigenvalue weighted by molar-refractivity contribution is -0.118. The van der Waals surface area contributed by atoms with E-state index in [1.165, 1.54) is 36.7 Å². The zero-order chi connectivity index (χ0) is 23.1. The topological polar surface area (TPSA) is 102 Å². The Bertz CT molecular complexity index is 1040. The van der Waals surface area contributed by atoms with Crippen molar-refractivity contribution in [3.8, 4) is 11.5 Å². The molecular weight excluding hydrogens is 469 g/mol. The van der Waals surface area contributed by atoms with Crippen LogP contribution in [0.4, 0.5) is 20.4 Å². The van der Waals surface area contributed by atoms with Crippen LogP contribution in [0.3, 0.4) is 0 Å². The Balaban J connectivity index is 1.44. The van der Waals surface area contributed by atoms with E-state index in [2.05, 4.69) is 20.6 Å². The molecular formula is C20H14Cl2F2N4O4. The number of amides is 2. The minimum Gasteiger partial charge on any atom is -0.484 e. The van der Waals surface area contributed by atoms with Crippen LogP contribution in [0.2, 0.25) is 10.0 Å². The number of hydrogen-bond acceptors (Lipinski definition) is 6. The molecule has 0 aliphatic rings. The monoisotopic (exact) mass is 482 g/mol. The van der Waals surface area contributed by atoms with Gasteiger partial charge in [0.05, 0.1) is 28.1 Å². The van der Waals surface area contributed by atoms with E-state index >= 15 is 0 Å². The van der Waals surface area contributed by atoms with Crippen LogP contribution in [0.25, 0.3) is 0 Å². The molecule has 3 aromatic rings. The van der Waals surface area contributed by atoms with Gasteiger partial charge in [0.15, 0.2) is 13.2 Å². The molecule has 0 radical (unpaired) electrons. The number of nitrogens with one attached hydrogen (secondary N) is 2. The molecule has 1 heterocycles. The number of halogens is 4. The van der Waals surface area contributed by atoms with E-state index in [4.69, 9.17) is 32.7 Å². The molecule has 32 heavy (non-hydrogen) atoms. The molecule has 0 aliphatic carbocycles. The molecule has 0 spiro atoms. The Labute approximate surface area is 190 Å². The van der Waals surface area contributed by atoms with Gasteiger partial charge in [-0.05, 0) is 24.3 Å². The largest absolute Gasteiger partial charge is 0.484 e. The van der Waals surface area contributed by atoms with Gasteiger partial charge >= 0.3 is 0 Å². The zero-order valence-electron chi connectivity index (χ0n) is 16.1. The van der Waals surface area contributed by atoms with Crippen LogP contribution in [0.1, 0.15) is 0 Å². The first-order chi connectivity index (χ1) is 15.3. The molecule has 0 unspecified atom stereocenters. The second-order valence-electron chi connectivity index (χ2n) is 6.12. The quantitative estimate of drug-likeness (QED) is 0.501. The second-order valence-corrected chi connectivity index (χ2v) is 6.94. The minimum atomic E-state index is -0.670. The van der Waals surface area contributed by atoms with E-state index in [-0.39, 0.29) is 39.8 Å². The lowest BCUT2D eigenvalue weighted by atomic mass is 10.3. The summed E-state index contributed by atoms with van der Waals surface area (Å²) in [6, 6.07) is 7.56. The highest BCUT2D eigenvalue weighted by molar-refractivity contribution is 6.31. The van der Waals surface area contributed by atoms with Crippen molar-refractivity contribution in [2.75, 3.05) is 23.8 Å². The molecule has 0 fully saturated rings. The standard InChI is InChI=1S/C20H14Cl2F2N4O4/c21-14-3-1-12(5-16(14)23)31-9-18(29)27-11-7-25-20(26-8-11)28-19(30)10-32-13-2-4-15(22)17(24)6-13/h1-8H,9-10H2,(H,27,29)(H,25,26,28,30). The molecule has 1 aromatic heterocycles. The molecule has 3 rings (SSSR count). The molecule has 12 heteroatoms. The summed E-state index contributed by atoms with van der Waals surface area (Å²) < 4.78 is 37.0. The lowest BCUT2D eigenvalue weighted by Crippen LogP contribution is -2.22. The number of hydrogen-bond donors (Lipinski definition) is 2. The molecule has 0 saturated heterocycles. The van der Waals surface area contributed by atoms with Crippen molar-refractivity contribution in [1.82, 2.24) is 9.97 Å². The van der Waals surface area contributed by atoms with Crippen LogP contribution < -0.4 is 20.1 Å². The molecule has 0 aliphatic heterocycles. The summed E-state index contributed by atoms with van der Waals surface area (Å²) in [6.45, 7) is -0.798. The minimum absolute atomic E-state index is 0.0354. The average molecular weight is 483 g/mol. The summed E-state index contributed by atoms with van der Waals surface area (Å²) in [6.07, 6.45) is 2.52. The van der Waals surface area contributed by atoms with Crippen molar-refractivity contribution in [1.29, 1.82) is 0 Å². The van der Waals surface area contributed by atoms with Gasteiger partial charge in [-0.1, -0.05) is 23.2 Å². The summed E-state index contributed by atoms with van der Waals surface area (Å²) in [4.78, 5) is 31.6. The fraction of sp³-hybridized carbons (Fsp3) is 0.100.